The van der Waals surface area contributed by atoms with Gasteiger partial charge in [-0.15, -0.1) is 15.3 Å². The molecule has 0 fully saturated rings. The summed E-state index contributed by atoms with van der Waals surface area (Å²) in [5.74, 6) is 1.76. The van der Waals surface area contributed by atoms with Gasteiger partial charge >= 0.3 is 0 Å². The zero-order valence-corrected chi connectivity index (χ0v) is 13.8. The molecule has 0 N–H and O–H groups in total. The van der Waals surface area contributed by atoms with Crippen molar-refractivity contribution in [2.24, 2.45) is 0 Å². The third kappa shape index (κ3) is 2.18. The van der Waals surface area contributed by atoms with E-state index in [1.54, 1.807) is 11.3 Å². The summed E-state index contributed by atoms with van der Waals surface area (Å²) in [5, 5.41) is 17.5. The first kappa shape index (κ1) is 13.7. The lowest BCUT2D eigenvalue weighted by molar-refractivity contribution is 0.708. The average Bonchev–Trinajstić information content (AvgIpc) is 3.30. The minimum Gasteiger partial charge on any atom is -0.351 e. The zero-order valence-electron chi connectivity index (χ0n) is 13.0. The van der Waals surface area contributed by atoms with E-state index in [1.807, 2.05) is 28.1 Å². The van der Waals surface area contributed by atoms with Crippen LogP contribution in [-0.2, 0) is 13.0 Å². The summed E-state index contributed by atoms with van der Waals surface area (Å²) in [6.07, 6.45) is 1.05. The lowest BCUT2D eigenvalue weighted by Crippen LogP contribution is -2.31. The predicted octanol–water partition coefficient (Wildman–Crippen LogP) is 3.42. The summed E-state index contributed by atoms with van der Waals surface area (Å²) >= 11 is 1.65. The Kier molecular flexibility index (Phi) is 3.09. The van der Waals surface area contributed by atoms with Crippen LogP contribution in [0.4, 0.5) is 5.82 Å². The first-order chi connectivity index (χ1) is 11.9. The molecule has 5 nitrogen and oxygen atoms in total. The van der Waals surface area contributed by atoms with Crippen LogP contribution in [0.25, 0.3) is 17.0 Å². The highest BCUT2D eigenvalue weighted by Crippen LogP contribution is 2.25. The van der Waals surface area contributed by atoms with Crippen LogP contribution in [-0.4, -0.2) is 26.4 Å². The van der Waals surface area contributed by atoms with Crippen LogP contribution in [0, 0.1) is 0 Å². The van der Waals surface area contributed by atoms with Gasteiger partial charge in [0.05, 0.1) is 0 Å². The second-order valence-corrected chi connectivity index (χ2v) is 6.72. The molecule has 1 aliphatic heterocycles. The third-order valence-electron chi connectivity index (χ3n) is 4.48. The number of anilines is 1. The van der Waals surface area contributed by atoms with Crippen molar-refractivity contribution in [1.82, 2.24) is 19.8 Å². The molecule has 3 aromatic heterocycles. The second kappa shape index (κ2) is 5.42. The lowest BCUT2D eigenvalue weighted by Gasteiger charge is -2.29. The normalized spacial score (nSPS) is 14.1. The molecule has 0 saturated carbocycles. The number of thiophene rings is 1. The molecular weight excluding hydrogens is 318 g/mol. The van der Waals surface area contributed by atoms with Crippen molar-refractivity contribution in [3.8, 4) is 11.4 Å². The van der Waals surface area contributed by atoms with Crippen molar-refractivity contribution >= 4 is 22.8 Å². The summed E-state index contributed by atoms with van der Waals surface area (Å²) in [6.45, 7) is 1.87. The summed E-state index contributed by atoms with van der Waals surface area (Å²) in [5.41, 5.74) is 4.66. The van der Waals surface area contributed by atoms with Gasteiger partial charge in [0.2, 0.25) is 0 Å². The number of nitrogens with zero attached hydrogens (tertiary/aromatic N) is 5. The molecule has 0 saturated heterocycles. The van der Waals surface area contributed by atoms with E-state index >= 15 is 0 Å². The maximum atomic E-state index is 4.81. The van der Waals surface area contributed by atoms with Crippen LogP contribution in [0.5, 0.6) is 0 Å². The van der Waals surface area contributed by atoms with E-state index in [2.05, 4.69) is 44.7 Å². The number of fused-ring (bicyclic) bond motifs is 2. The number of hydrogen-bond donors (Lipinski definition) is 0. The maximum absolute atomic E-state index is 4.81. The first-order valence-corrected chi connectivity index (χ1v) is 8.89. The van der Waals surface area contributed by atoms with E-state index in [-0.39, 0.29) is 0 Å². The Morgan fingerprint density at radius 1 is 0.958 bits per heavy atom. The largest absolute Gasteiger partial charge is 0.351 e. The van der Waals surface area contributed by atoms with Crippen molar-refractivity contribution < 1.29 is 0 Å². The molecule has 0 amide bonds. The minimum absolute atomic E-state index is 0.775. The van der Waals surface area contributed by atoms with Gasteiger partial charge in [0.15, 0.2) is 11.5 Å². The molecule has 6 heteroatoms. The topological polar surface area (TPSA) is 46.3 Å². The van der Waals surface area contributed by atoms with Gasteiger partial charge in [-0.2, -0.15) is 15.9 Å². The Hall–Kier alpha value is -2.73. The molecular formula is C18H15N5S. The molecule has 4 aromatic rings. The zero-order chi connectivity index (χ0) is 15.9. The second-order valence-electron chi connectivity index (χ2n) is 5.94. The Balaban J connectivity index is 1.55. The summed E-state index contributed by atoms with van der Waals surface area (Å²) < 4.78 is 1.85. The SMILES string of the molecule is c1ccc2c(c1)CCN(c1ccc3nnc(-c4ccsc4)n3n1)C2. The number of aromatic nitrogens is 4. The Morgan fingerprint density at radius 2 is 1.88 bits per heavy atom. The van der Waals surface area contributed by atoms with Crippen molar-refractivity contribution in [2.75, 3.05) is 11.4 Å². The molecule has 0 aliphatic carbocycles. The van der Waals surface area contributed by atoms with Gasteiger partial charge in [0.25, 0.3) is 0 Å². The molecule has 118 valence electrons. The van der Waals surface area contributed by atoms with Gasteiger partial charge in [-0.05, 0) is 41.1 Å². The molecule has 4 heterocycles. The quantitative estimate of drug-likeness (QED) is 0.564. The van der Waals surface area contributed by atoms with Gasteiger partial charge in [-0.1, -0.05) is 24.3 Å². The highest BCUT2D eigenvalue weighted by molar-refractivity contribution is 7.08. The molecule has 24 heavy (non-hydrogen) atoms. The van der Waals surface area contributed by atoms with E-state index < -0.39 is 0 Å². The van der Waals surface area contributed by atoms with Gasteiger partial charge in [-0.25, -0.2) is 0 Å². The molecule has 0 radical (unpaired) electrons. The predicted molar refractivity (Wildman–Crippen MR) is 95.3 cm³/mol. The average molecular weight is 333 g/mol. The number of hydrogen-bond acceptors (Lipinski definition) is 5. The van der Waals surface area contributed by atoms with Crippen LogP contribution in [0.15, 0.2) is 53.2 Å². The molecule has 1 aliphatic rings. The monoisotopic (exact) mass is 333 g/mol. The fraction of sp³-hybridized carbons (Fsp3) is 0.167. The van der Waals surface area contributed by atoms with Crippen LogP contribution in [0.3, 0.4) is 0 Å². The standard InChI is InChI=1S/C18H15N5S/c1-2-4-14-11-22(9-7-13(14)3-1)17-6-5-16-19-20-18(23(16)21-17)15-8-10-24-12-15/h1-6,8,10,12H,7,9,11H2. The van der Waals surface area contributed by atoms with Crippen molar-refractivity contribution in [1.29, 1.82) is 0 Å². The summed E-state index contributed by atoms with van der Waals surface area (Å²) in [7, 11) is 0. The summed E-state index contributed by atoms with van der Waals surface area (Å²) in [4.78, 5) is 2.32. The fourth-order valence-electron chi connectivity index (χ4n) is 3.21. The molecule has 5 rings (SSSR count). The van der Waals surface area contributed by atoms with Crippen LogP contribution in [0.2, 0.25) is 0 Å². The molecule has 0 bridgehead atoms. The Bertz CT molecular complexity index is 1010. The van der Waals surface area contributed by atoms with Gasteiger partial charge in [-0.3, -0.25) is 0 Å². The van der Waals surface area contributed by atoms with Gasteiger partial charge in [0, 0.05) is 24.0 Å². The van der Waals surface area contributed by atoms with E-state index in [9.17, 15) is 0 Å². The molecule has 0 atom stereocenters. The molecule has 0 unspecified atom stereocenters. The molecule has 1 aromatic carbocycles. The van der Waals surface area contributed by atoms with E-state index in [4.69, 9.17) is 5.10 Å². The molecule has 0 spiro atoms. The number of benzene rings is 1. The van der Waals surface area contributed by atoms with Crippen molar-refractivity contribution in [2.45, 2.75) is 13.0 Å². The van der Waals surface area contributed by atoms with Crippen molar-refractivity contribution in [3.63, 3.8) is 0 Å². The third-order valence-corrected chi connectivity index (χ3v) is 5.17. The van der Waals surface area contributed by atoms with E-state index in [0.29, 0.717) is 0 Å². The highest BCUT2D eigenvalue weighted by atomic mass is 32.1. The Labute approximate surface area is 143 Å². The maximum Gasteiger partial charge on any atom is 0.186 e. The van der Waals surface area contributed by atoms with Crippen LogP contribution in [0.1, 0.15) is 11.1 Å². The van der Waals surface area contributed by atoms with E-state index in [0.717, 1.165) is 42.4 Å². The summed E-state index contributed by atoms with van der Waals surface area (Å²) in [6, 6.07) is 14.7. The minimum atomic E-state index is 0.775. The fourth-order valence-corrected chi connectivity index (χ4v) is 3.85. The van der Waals surface area contributed by atoms with Gasteiger partial charge in [0.1, 0.15) is 5.82 Å². The van der Waals surface area contributed by atoms with Gasteiger partial charge < -0.3 is 4.90 Å². The smallest absolute Gasteiger partial charge is 0.186 e. The van der Waals surface area contributed by atoms with Crippen LogP contribution < -0.4 is 4.90 Å². The Morgan fingerprint density at radius 3 is 2.75 bits per heavy atom. The van der Waals surface area contributed by atoms with Crippen LogP contribution >= 0.6 is 11.3 Å². The van der Waals surface area contributed by atoms with Crippen molar-refractivity contribution in [3.05, 3.63) is 64.4 Å². The number of rotatable bonds is 2. The van der Waals surface area contributed by atoms with E-state index in [1.165, 1.54) is 11.1 Å². The lowest BCUT2D eigenvalue weighted by atomic mass is 10.00. The highest BCUT2D eigenvalue weighted by Gasteiger charge is 2.18. The first-order valence-electron chi connectivity index (χ1n) is 7.95.